The Balaban J connectivity index is 1.76. The predicted octanol–water partition coefficient (Wildman–Crippen LogP) is 2.67. The number of fused-ring (bicyclic) bond motifs is 1. The van der Waals surface area contributed by atoms with E-state index in [1.54, 1.807) is 6.33 Å². The zero-order valence-electron chi connectivity index (χ0n) is 13.0. The molecule has 0 amide bonds. The first-order valence-electron chi connectivity index (χ1n) is 7.24. The number of hydrogen-bond donors (Lipinski definition) is 3. The van der Waals surface area contributed by atoms with E-state index >= 15 is 0 Å². The largest absolute Gasteiger partial charge is 0.492 e. The Kier molecular flexibility index (Phi) is 4.52. The predicted molar refractivity (Wildman–Crippen MR) is 92.8 cm³/mol. The highest BCUT2D eigenvalue weighted by Crippen LogP contribution is 2.28. The minimum atomic E-state index is 0.600. The Morgan fingerprint density at radius 3 is 2.96 bits per heavy atom. The summed E-state index contributed by atoms with van der Waals surface area (Å²) in [5, 5.41) is 3.72. The van der Waals surface area contributed by atoms with Crippen LogP contribution in [0, 0.1) is 0 Å². The maximum absolute atomic E-state index is 5.99. The maximum Gasteiger partial charge on any atom is 0.192 e. The monoisotopic (exact) mass is 330 g/mol. The van der Waals surface area contributed by atoms with Crippen LogP contribution < -0.4 is 15.8 Å². The van der Waals surface area contributed by atoms with Gasteiger partial charge in [0.1, 0.15) is 11.3 Å². The molecule has 3 aromatic rings. The van der Waals surface area contributed by atoms with Gasteiger partial charge in [0.05, 0.1) is 18.6 Å². The van der Waals surface area contributed by atoms with Gasteiger partial charge in [0, 0.05) is 12.8 Å². The third-order valence-corrected chi connectivity index (χ3v) is 4.16. The number of rotatable bonds is 6. The zero-order chi connectivity index (χ0) is 16.2. The van der Waals surface area contributed by atoms with E-state index in [9.17, 15) is 0 Å². The van der Waals surface area contributed by atoms with E-state index in [0.717, 1.165) is 22.7 Å². The molecule has 1 aromatic carbocycles. The molecule has 0 radical (unpaired) electrons. The van der Waals surface area contributed by atoms with Crippen LogP contribution in [0.25, 0.3) is 11.2 Å². The molecule has 2 aromatic heterocycles. The molecule has 0 aliphatic carbocycles. The van der Waals surface area contributed by atoms with Crippen LogP contribution in [0.4, 0.5) is 11.5 Å². The van der Waals surface area contributed by atoms with Crippen molar-refractivity contribution in [1.82, 2.24) is 19.9 Å². The van der Waals surface area contributed by atoms with Crippen molar-refractivity contribution in [1.29, 1.82) is 0 Å². The zero-order valence-corrected chi connectivity index (χ0v) is 13.8. The van der Waals surface area contributed by atoms with Crippen LogP contribution in [-0.4, -0.2) is 33.6 Å². The van der Waals surface area contributed by atoms with Gasteiger partial charge in [-0.2, -0.15) is 0 Å². The van der Waals surface area contributed by atoms with Crippen LogP contribution in [0.15, 0.2) is 29.7 Å². The Morgan fingerprint density at radius 1 is 1.35 bits per heavy atom. The fraction of sp³-hybridized carbons (Fsp3) is 0.267. The summed E-state index contributed by atoms with van der Waals surface area (Å²) in [6.45, 7) is 2.54. The molecule has 0 aliphatic rings. The number of anilines is 2. The van der Waals surface area contributed by atoms with Crippen molar-refractivity contribution in [2.24, 2.45) is 0 Å². The molecule has 0 spiro atoms. The van der Waals surface area contributed by atoms with E-state index in [4.69, 9.17) is 10.5 Å². The van der Waals surface area contributed by atoms with E-state index < -0.39 is 0 Å². The molecule has 0 bridgehead atoms. The lowest BCUT2D eigenvalue weighted by Gasteiger charge is -2.09. The third kappa shape index (κ3) is 3.31. The van der Waals surface area contributed by atoms with E-state index in [1.165, 1.54) is 11.8 Å². The molecule has 0 unspecified atom stereocenters. The van der Waals surface area contributed by atoms with Crippen molar-refractivity contribution >= 4 is 34.4 Å². The van der Waals surface area contributed by atoms with E-state index in [1.807, 2.05) is 32.2 Å². The van der Waals surface area contributed by atoms with Crippen molar-refractivity contribution in [3.63, 3.8) is 0 Å². The van der Waals surface area contributed by atoms with Gasteiger partial charge in [-0.3, -0.25) is 0 Å². The first-order chi connectivity index (χ1) is 11.2. The molecule has 8 heteroatoms. The van der Waals surface area contributed by atoms with Gasteiger partial charge in [0.25, 0.3) is 0 Å². The van der Waals surface area contributed by atoms with Gasteiger partial charge >= 0.3 is 0 Å². The van der Waals surface area contributed by atoms with Gasteiger partial charge in [-0.1, -0.05) is 17.8 Å². The fourth-order valence-corrected chi connectivity index (χ4v) is 2.96. The van der Waals surface area contributed by atoms with Gasteiger partial charge in [-0.25, -0.2) is 15.0 Å². The number of aromatic amines is 1. The summed E-state index contributed by atoms with van der Waals surface area (Å²) < 4.78 is 5.45. The first kappa shape index (κ1) is 15.4. The Labute approximate surface area is 138 Å². The van der Waals surface area contributed by atoms with Gasteiger partial charge < -0.3 is 20.8 Å². The smallest absolute Gasteiger partial charge is 0.192 e. The topological polar surface area (TPSA) is 102 Å². The minimum absolute atomic E-state index is 0.600. The van der Waals surface area contributed by atoms with Crippen molar-refractivity contribution in [2.45, 2.75) is 17.8 Å². The first-order valence-corrected chi connectivity index (χ1v) is 8.22. The summed E-state index contributed by atoms with van der Waals surface area (Å²) in [6, 6.07) is 5.82. The van der Waals surface area contributed by atoms with Gasteiger partial charge in [-0.05, 0) is 24.6 Å². The highest BCUT2D eigenvalue weighted by molar-refractivity contribution is 7.98. The van der Waals surface area contributed by atoms with E-state index in [2.05, 4.69) is 25.3 Å². The standard InChI is InChI=1S/C15H18N6OS/c1-3-22-11-5-4-9(6-10(11)16)7-23-15-20-13(17-2)12-14(21-15)19-8-18-12/h4-6,8H,3,7,16H2,1-2H3,(H2,17,18,19,20,21). The molecule has 0 saturated heterocycles. The summed E-state index contributed by atoms with van der Waals surface area (Å²) in [5.74, 6) is 2.17. The Bertz CT molecular complexity index is 819. The SMILES string of the molecule is CCOc1ccc(CSc2nc(NC)c3[nH]cnc3n2)cc1N. The molecule has 0 atom stereocenters. The number of nitrogens with one attached hydrogen (secondary N) is 2. The molecule has 4 N–H and O–H groups in total. The van der Waals surface area contributed by atoms with Crippen molar-refractivity contribution in [2.75, 3.05) is 24.7 Å². The summed E-state index contributed by atoms with van der Waals surface area (Å²) >= 11 is 1.54. The highest BCUT2D eigenvalue weighted by Gasteiger charge is 2.10. The van der Waals surface area contributed by atoms with E-state index in [0.29, 0.717) is 28.8 Å². The molecule has 0 aliphatic heterocycles. The normalized spacial score (nSPS) is 10.9. The number of nitrogens with two attached hydrogens (primary N) is 1. The Morgan fingerprint density at radius 2 is 2.22 bits per heavy atom. The van der Waals surface area contributed by atoms with Crippen LogP contribution in [0.5, 0.6) is 5.75 Å². The van der Waals surface area contributed by atoms with Crippen LogP contribution in [0.2, 0.25) is 0 Å². The number of aromatic nitrogens is 4. The number of H-pyrrole nitrogens is 1. The summed E-state index contributed by atoms with van der Waals surface area (Å²) in [4.78, 5) is 16.2. The number of imidazole rings is 1. The number of nitrogens with zero attached hydrogens (tertiary/aromatic N) is 3. The number of benzene rings is 1. The van der Waals surface area contributed by atoms with Gasteiger partial charge in [0.2, 0.25) is 0 Å². The Hall–Kier alpha value is -2.48. The number of nitrogen functional groups attached to an aromatic ring is 1. The lowest BCUT2D eigenvalue weighted by atomic mass is 10.2. The number of hydrogen-bond acceptors (Lipinski definition) is 7. The molecule has 0 fully saturated rings. The molecule has 120 valence electrons. The van der Waals surface area contributed by atoms with Crippen molar-refractivity contribution < 1.29 is 4.74 Å². The van der Waals surface area contributed by atoms with E-state index in [-0.39, 0.29) is 0 Å². The molecular formula is C15H18N6OS. The molecular weight excluding hydrogens is 312 g/mol. The van der Waals surface area contributed by atoms with Crippen LogP contribution in [0.3, 0.4) is 0 Å². The lowest BCUT2D eigenvalue weighted by molar-refractivity contribution is 0.342. The van der Waals surface area contributed by atoms with Gasteiger partial charge in [0.15, 0.2) is 16.6 Å². The molecule has 2 heterocycles. The van der Waals surface area contributed by atoms with Crippen molar-refractivity contribution in [3.05, 3.63) is 30.1 Å². The average Bonchev–Trinajstić information content (AvgIpc) is 3.03. The summed E-state index contributed by atoms with van der Waals surface area (Å²) in [6.07, 6.45) is 1.61. The fourth-order valence-electron chi connectivity index (χ4n) is 2.18. The van der Waals surface area contributed by atoms with Gasteiger partial charge in [-0.15, -0.1) is 0 Å². The molecule has 23 heavy (non-hydrogen) atoms. The molecule has 0 saturated carbocycles. The maximum atomic E-state index is 5.99. The number of ether oxygens (including phenoxy) is 1. The average molecular weight is 330 g/mol. The minimum Gasteiger partial charge on any atom is -0.492 e. The molecule has 7 nitrogen and oxygen atoms in total. The second kappa shape index (κ2) is 6.74. The second-order valence-corrected chi connectivity index (χ2v) is 5.74. The van der Waals surface area contributed by atoms with Crippen LogP contribution in [0.1, 0.15) is 12.5 Å². The van der Waals surface area contributed by atoms with Crippen LogP contribution >= 0.6 is 11.8 Å². The molecule has 3 rings (SSSR count). The highest BCUT2D eigenvalue weighted by atomic mass is 32.2. The second-order valence-electron chi connectivity index (χ2n) is 4.80. The lowest BCUT2D eigenvalue weighted by Crippen LogP contribution is -1.99. The number of thioether (sulfide) groups is 1. The third-order valence-electron chi connectivity index (χ3n) is 3.24. The van der Waals surface area contributed by atoms with Crippen LogP contribution in [-0.2, 0) is 5.75 Å². The van der Waals surface area contributed by atoms with Crippen molar-refractivity contribution in [3.8, 4) is 5.75 Å². The summed E-state index contributed by atoms with van der Waals surface area (Å²) in [7, 11) is 1.82. The quantitative estimate of drug-likeness (QED) is 0.363. The summed E-state index contributed by atoms with van der Waals surface area (Å²) in [5.41, 5.74) is 9.18.